The topological polar surface area (TPSA) is 32.3 Å². The molecule has 0 atom stereocenters. The number of carbonyl (C=O) groups excluding carboxylic acids is 1. The molecule has 104 valence electrons. The van der Waals surface area contributed by atoms with E-state index in [9.17, 15) is 4.79 Å². The van der Waals surface area contributed by atoms with Crippen molar-refractivity contribution >= 4 is 27.5 Å². The first-order valence-corrected chi connectivity index (χ1v) is 7.16. The van der Waals surface area contributed by atoms with Gasteiger partial charge in [0.2, 0.25) is 0 Å². The SMILES string of the molecule is CN(C)C(=O)c1ccccc1NCc1ccc(Br)cc1. The summed E-state index contributed by atoms with van der Waals surface area (Å²) in [5, 5.41) is 3.32. The molecule has 0 heterocycles. The minimum absolute atomic E-state index is 0.00362. The molecular formula is C16H17BrN2O. The Balaban J connectivity index is 2.13. The van der Waals surface area contributed by atoms with E-state index in [0.29, 0.717) is 12.1 Å². The van der Waals surface area contributed by atoms with Crippen molar-refractivity contribution in [2.75, 3.05) is 19.4 Å². The fourth-order valence-corrected chi connectivity index (χ4v) is 2.13. The molecule has 0 unspecified atom stereocenters. The van der Waals surface area contributed by atoms with Crippen LogP contribution in [-0.2, 0) is 6.54 Å². The number of carbonyl (C=O) groups is 1. The van der Waals surface area contributed by atoms with Gasteiger partial charge in [-0.15, -0.1) is 0 Å². The van der Waals surface area contributed by atoms with Gasteiger partial charge in [0.15, 0.2) is 0 Å². The monoisotopic (exact) mass is 332 g/mol. The lowest BCUT2D eigenvalue weighted by atomic mass is 10.1. The smallest absolute Gasteiger partial charge is 0.255 e. The Morgan fingerprint density at radius 2 is 1.75 bits per heavy atom. The maximum absolute atomic E-state index is 12.1. The minimum Gasteiger partial charge on any atom is -0.380 e. The molecule has 1 N–H and O–H groups in total. The van der Waals surface area contributed by atoms with E-state index in [2.05, 4.69) is 21.2 Å². The van der Waals surface area contributed by atoms with Crippen molar-refractivity contribution in [2.24, 2.45) is 0 Å². The van der Waals surface area contributed by atoms with Gasteiger partial charge in [-0.3, -0.25) is 4.79 Å². The van der Waals surface area contributed by atoms with Crippen LogP contribution in [0.3, 0.4) is 0 Å². The lowest BCUT2D eigenvalue weighted by molar-refractivity contribution is 0.0828. The molecule has 0 fully saturated rings. The van der Waals surface area contributed by atoms with Gasteiger partial charge < -0.3 is 10.2 Å². The molecule has 0 spiro atoms. The summed E-state index contributed by atoms with van der Waals surface area (Å²) in [6.07, 6.45) is 0. The Kier molecular flexibility index (Phi) is 4.79. The first-order chi connectivity index (χ1) is 9.58. The third kappa shape index (κ3) is 3.61. The van der Waals surface area contributed by atoms with Crippen LogP contribution in [0.1, 0.15) is 15.9 Å². The molecule has 20 heavy (non-hydrogen) atoms. The second kappa shape index (κ2) is 6.57. The predicted molar refractivity (Wildman–Crippen MR) is 85.9 cm³/mol. The lowest BCUT2D eigenvalue weighted by Crippen LogP contribution is -2.22. The number of anilines is 1. The molecule has 2 rings (SSSR count). The summed E-state index contributed by atoms with van der Waals surface area (Å²) in [5.74, 6) is 0.00362. The zero-order valence-electron chi connectivity index (χ0n) is 11.6. The normalized spacial score (nSPS) is 10.2. The summed E-state index contributed by atoms with van der Waals surface area (Å²) in [4.78, 5) is 13.7. The van der Waals surface area contributed by atoms with Crippen LogP contribution >= 0.6 is 15.9 Å². The van der Waals surface area contributed by atoms with Crippen LogP contribution in [0.5, 0.6) is 0 Å². The number of nitrogens with one attached hydrogen (secondary N) is 1. The van der Waals surface area contributed by atoms with Crippen LogP contribution in [0.4, 0.5) is 5.69 Å². The number of nitrogens with zero attached hydrogens (tertiary/aromatic N) is 1. The van der Waals surface area contributed by atoms with Crippen molar-refractivity contribution in [3.63, 3.8) is 0 Å². The molecule has 0 aromatic heterocycles. The van der Waals surface area contributed by atoms with Crippen molar-refractivity contribution in [1.82, 2.24) is 4.90 Å². The Morgan fingerprint density at radius 3 is 2.40 bits per heavy atom. The molecule has 3 nitrogen and oxygen atoms in total. The molecule has 2 aromatic rings. The van der Waals surface area contributed by atoms with E-state index in [4.69, 9.17) is 0 Å². The molecular weight excluding hydrogens is 316 g/mol. The van der Waals surface area contributed by atoms with Gasteiger partial charge in [-0.2, -0.15) is 0 Å². The van der Waals surface area contributed by atoms with Gasteiger partial charge in [0, 0.05) is 30.8 Å². The second-order valence-electron chi connectivity index (χ2n) is 4.73. The summed E-state index contributed by atoms with van der Waals surface area (Å²) >= 11 is 3.42. The number of hydrogen-bond donors (Lipinski definition) is 1. The number of para-hydroxylation sites is 1. The Morgan fingerprint density at radius 1 is 1.10 bits per heavy atom. The Bertz CT molecular complexity index is 594. The fraction of sp³-hybridized carbons (Fsp3) is 0.188. The molecule has 0 aliphatic heterocycles. The van der Waals surface area contributed by atoms with Gasteiger partial charge in [0.25, 0.3) is 5.91 Å². The van der Waals surface area contributed by atoms with Crippen molar-refractivity contribution in [1.29, 1.82) is 0 Å². The van der Waals surface area contributed by atoms with Crippen molar-refractivity contribution in [3.8, 4) is 0 Å². The average molecular weight is 333 g/mol. The largest absolute Gasteiger partial charge is 0.380 e. The maximum Gasteiger partial charge on any atom is 0.255 e. The van der Waals surface area contributed by atoms with Crippen molar-refractivity contribution in [3.05, 3.63) is 64.1 Å². The third-order valence-corrected chi connectivity index (χ3v) is 3.49. The number of rotatable bonds is 4. The Hall–Kier alpha value is -1.81. The summed E-state index contributed by atoms with van der Waals surface area (Å²) in [5.41, 5.74) is 2.71. The molecule has 4 heteroatoms. The van der Waals surface area contributed by atoms with Crippen molar-refractivity contribution in [2.45, 2.75) is 6.54 Å². The zero-order valence-corrected chi connectivity index (χ0v) is 13.1. The fourth-order valence-electron chi connectivity index (χ4n) is 1.86. The Labute approximate surface area is 127 Å². The molecule has 0 saturated heterocycles. The minimum atomic E-state index is 0.00362. The highest BCUT2D eigenvalue weighted by atomic mass is 79.9. The van der Waals surface area contributed by atoms with Crippen LogP contribution in [0.2, 0.25) is 0 Å². The highest BCUT2D eigenvalue weighted by Crippen LogP contribution is 2.18. The van der Waals surface area contributed by atoms with Crippen LogP contribution in [0.15, 0.2) is 53.0 Å². The first kappa shape index (κ1) is 14.6. The number of amides is 1. The molecule has 1 amide bonds. The van der Waals surface area contributed by atoms with E-state index in [-0.39, 0.29) is 5.91 Å². The highest BCUT2D eigenvalue weighted by Gasteiger charge is 2.12. The van der Waals surface area contributed by atoms with Crippen molar-refractivity contribution < 1.29 is 4.79 Å². The van der Waals surface area contributed by atoms with E-state index >= 15 is 0 Å². The van der Waals surface area contributed by atoms with Crippen LogP contribution < -0.4 is 5.32 Å². The van der Waals surface area contributed by atoms with E-state index in [1.165, 1.54) is 5.56 Å². The predicted octanol–water partition coefficient (Wildman–Crippen LogP) is 3.76. The molecule has 0 aliphatic carbocycles. The molecule has 0 radical (unpaired) electrons. The van der Waals surface area contributed by atoms with Gasteiger partial charge >= 0.3 is 0 Å². The summed E-state index contributed by atoms with van der Waals surface area (Å²) < 4.78 is 1.06. The third-order valence-electron chi connectivity index (χ3n) is 2.96. The number of benzene rings is 2. The van der Waals surface area contributed by atoms with Crippen LogP contribution in [0, 0.1) is 0 Å². The van der Waals surface area contributed by atoms with E-state index < -0.39 is 0 Å². The van der Waals surface area contributed by atoms with E-state index in [0.717, 1.165) is 10.2 Å². The van der Waals surface area contributed by atoms with Gasteiger partial charge in [-0.1, -0.05) is 40.2 Å². The van der Waals surface area contributed by atoms with Gasteiger partial charge in [-0.25, -0.2) is 0 Å². The summed E-state index contributed by atoms with van der Waals surface area (Å²) in [6, 6.07) is 15.7. The number of hydrogen-bond acceptors (Lipinski definition) is 2. The standard InChI is InChI=1S/C16H17BrN2O/c1-19(2)16(20)14-5-3-4-6-15(14)18-11-12-7-9-13(17)10-8-12/h3-10,18H,11H2,1-2H3. The molecule has 2 aromatic carbocycles. The molecule has 0 aliphatic rings. The highest BCUT2D eigenvalue weighted by molar-refractivity contribution is 9.10. The summed E-state index contributed by atoms with van der Waals surface area (Å²) in [6.45, 7) is 0.686. The van der Waals surface area contributed by atoms with E-state index in [1.807, 2.05) is 48.5 Å². The first-order valence-electron chi connectivity index (χ1n) is 6.37. The van der Waals surface area contributed by atoms with E-state index in [1.54, 1.807) is 19.0 Å². The molecule has 0 bridgehead atoms. The van der Waals surface area contributed by atoms with Gasteiger partial charge in [0.1, 0.15) is 0 Å². The van der Waals surface area contributed by atoms with Crippen LogP contribution in [-0.4, -0.2) is 24.9 Å². The van der Waals surface area contributed by atoms with Gasteiger partial charge in [-0.05, 0) is 29.8 Å². The number of halogens is 1. The zero-order chi connectivity index (χ0) is 14.5. The van der Waals surface area contributed by atoms with Gasteiger partial charge in [0.05, 0.1) is 5.56 Å². The lowest BCUT2D eigenvalue weighted by Gasteiger charge is -2.15. The average Bonchev–Trinajstić information content (AvgIpc) is 2.46. The second-order valence-corrected chi connectivity index (χ2v) is 5.64. The molecule has 0 saturated carbocycles. The quantitative estimate of drug-likeness (QED) is 0.924. The maximum atomic E-state index is 12.1. The van der Waals surface area contributed by atoms with Crippen LogP contribution in [0.25, 0.3) is 0 Å². The summed E-state index contributed by atoms with van der Waals surface area (Å²) in [7, 11) is 3.52.